The van der Waals surface area contributed by atoms with Crippen molar-refractivity contribution >= 4 is 0 Å². The lowest BCUT2D eigenvalue weighted by atomic mass is 10.1. The lowest BCUT2D eigenvalue weighted by molar-refractivity contribution is 0.276. The molecule has 2 aromatic carbocycles. The maximum atomic E-state index is 9.12. The number of H-pyrrole nitrogens is 1. The van der Waals surface area contributed by atoms with Crippen LogP contribution in [0.15, 0.2) is 60.7 Å². The molecule has 1 aromatic heterocycles. The van der Waals surface area contributed by atoms with E-state index in [2.05, 4.69) is 10.2 Å². The van der Waals surface area contributed by atoms with Crippen LogP contribution in [0.2, 0.25) is 0 Å². The van der Waals surface area contributed by atoms with Crippen LogP contribution in [-0.2, 0) is 13.2 Å². The normalized spacial score (nSPS) is 10.5. The van der Waals surface area contributed by atoms with Gasteiger partial charge in [0, 0.05) is 5.56 Å². The van der Waals surface area contributed by atoms with Crippen LogP contribution in [0.3, 0.4) is 0 Å². The van der Waals surface area contributed by atoms with E-state index in [0.717, 1.165) is 22.6 Å². The Labute approximate surface area is 123 Å². The van der Waals surface area contributed by atoms with E-state index in [1.54, 1.807) is 0 Å². The van der Waals surface area contributed by atoms with E-state index in [0.29, 0.717) is 12.3 Å². The molecule has 0 fully saturated rings. The van der Waals surface area contributed by atoms with Crippen LogP contribution in [0.25, 0.3) is 11.3 Å². The molecule has 21 heavy (non-hydrogen) atoms. The Hall–Kier alpha value is -2.59. The molecule has 4 nitrogen and oxygen atoms in total. The summed E-state index contributed by atoms with van der Waals surface area (Å²) in [6.07, 6.45) is 0. The van der Waals surface area contributed by atoms with Crippen molar-refractivity contribution < 1.29 is 9.84 Å². The van der Waals surface area contributed by atoms with E-state index in [4.69, 9.17) is 9.84 Å². The second-order valence-electron chi connectivity index (χ2n) is 4.71. The van der Waals surface area contributed by atoms with Gasteiger partial charge in [-0.15, -0.1) is 0 Å². The maximum Gasteiger partial charge on any atom is 0.129 e. The molecule has 3 aromatic rings. The summed E-state index contributed by atoms with van der Waals surface area (Å²) in [7, 11) is 0. The van der Waals surface area contributed by atoms with Crippen LogP contribution in [0, 0.1) is 0 Å². The van der Waals surface area contributed by atoms with Gasteiger partial charge in [0.05, 0.1) is 18.0 Å². The number of hydrogen-bond donors (Lipinski definition) is 2. The first-order valence-electron chi connectivity index (χ1n) is 6.78. The number of aromatic amines is 1. The average Bonchev–Trinajstić information content (AvgIpc) is 3.03. The summed E-state index contributed by atoms with van der Waals surface area (Å²) < 4.78 is 5.90. The van der Waals surface area contributed by atoms with E-state index in [1.165, 1.54) is 0 Å². The van der Waals surface area contributed by atoms with Gasteiger partial charge in [-0.05, 0) is 23.8 Å². The summed E-state index contributed by atoms with van der Waals surface area (Å²) in [5, 5.41) is 16.1. The Morgan fingerprint density at radius 3 is 2.52 bits per heavy atom. The number of aromatic nitrogens is 2. The third-order valence-electron chi connectivity index (χ3n) is 3.20. The van der Waals surface area contributed by atoms with E-state index >= 15 is 0 Å². The highest BCUT2D eigenvalue weighted by atomic mass is 16.5. The van der Waals surface area contributed by atoms with Gasteiger partial charge in [-0.25, -0.2) is 0 Å². The van der Waals surface area contributed by atoms with Gasteiger partial charge in [0.1, 0.15) is 12.4 Å². The molecule has 0 aliphatic heterocycles. The second kappa shape index (κ2) is 6.24. The third kappa shape index (κ3) is 3.12. The molecule has 0 aliphatic rings. The summed E-state index contributed by atoms with van der Waals surface area (Å²) in [4.78, 5) is 0. The van der Waals surface area contributed by atoms with Gasteiger partial charge in [0.25, 0.3) is 0 Å². The number of aliphatic hydroxyl groups is 1. The fraction of sp³-hybridized carbons (Fsp3) is 0.118. The molecule has 3 rings (SSSR count). The van der Waals surface area contributed by atoms with Crippen LogP contribution in [0.5, 0.6) is 5.75 Å². The maximum absolute atomic E-state index is 9.12. The zero-order chi connectivity index (χ0) is 14.5. The molecule has 0 saturated heterocycles. The number of para-hydroxylation sites is 1. The Morgan fingerprint density at radius 2 is 1.76 bits per heavy atom. The quantitative estimate of drug-likeness (QED) is 0.755. The molecular weight excluding hydrogens is 264 g/mol. The summed E-state index contributed by atoms with van der Waals surface area (Å²) >= 11 is 0. The fourth-order valence-corrected chi connectivity index (χ4v) is 2.12. The molecule has 0 bridgehead atoms. The monoisotopic (exact) mass is 280 g/mol. The molecule has 0 radical (unpaired) electrons. The summed E-state index contributed by atoms with van der Waals surface area (Å²) in [6, 6.07) is 19.6. The lowest BCUT2D eigenvalue weighted by Gasteiger charge is -2.10. The molecule has 0 unspecified atom stereocenters. The Bertz CT molecular complexity index is 708. The number of hydrogen-bond acceptors (Lipinski definition) is 3. The molecule has 0 aliphatic carbocycles. The predicted octanol–water partition coefficient (Wildman–Crippen LogP) is 3.15. The molecule has 106 valence electrons. The number of nitrogens with one attached hydrogen (secondary N) is 1. The van der Waals surface area contributed by atoms with E-state index in [-0.39, 0.29) is 6.61 Å². The SMILES string of the molecule is OCc1cc(-c2ccccc2OCc2ccccc2)n[nH]1. The van der Waals surface area contributed by atoms with Crippen molar-refractivity contribution in [1.82, 2.24) is 10.2 Å². The van der Waals surface area contributed by atoms with Crippen molar-refractivity contribution in [1.29, 1.82) is 0 Å². The predicted molar refractivity (Wildman–Crippen MR) is 80.7 cm³/mol. The van der Waals surface area contributed by atoms with Crippen molar-refractivity contribution in [2.24, 2.45) is 0 Å². The number of ether oxygens (including phenoxy) is 1. The highest BCUT2D eigenvalue weighted by Crippen LogP contribution is 2.29. The minimum atomic E-state index is -0.0555. The van der Waals surface area contributed by atoms with Gasteiger partial charge in [-0.3, -0.25) is 5.10 Å². The number of aliphatic hydroxyl groups excluding tert-OH is 1. The smallest absolute Gasteiger partial charge is 0.129 e. The number of nitrogens with zero attached hydrogens (tertiary/aromatic N) is 1. The first kappa shape index (κ1) is 13.4. The molecule has 0 atom stereocenters. The van der Waals surface area contributed by atoms with Crippen LogP contribution in [0.4, 0.5) is 0 Å². The molecule has 0 saturated carbocycles. The van der Waals surface area contributed by atoms with Crippen molar-refractivity contribution in [2.75, 3.05) is 0 Å². The minimum absolute atomic E-state index is 0.0555. The van der Waals surface area contributed by atoms with Crippen molar-refractivity contribution in [3.63, 3.8) is 0 Å². The highest BCUT2D eigenvalue weighted by molar-refractivity contribution is 5.67. The largest absolute Gasteiger partial charge is 0.488 e. The van der Waals surface area contributed by atoms with Gasteiger partial charge in [-0.1, -0.05) is 42.5 Å². The van der Waals surface area contributed by atoms with Gasteiger partial charge >= 0.3 is 0 Å². The molecular formula is C17H16N2O2. The van der Waals surface area contributed by atoms with Crippen LogP contribution in [-0.4, -0.2) is 15.3 Å². The Balaban J connectivity index is 1.82. The molecule has 2 N–H and O–H groups in total. The first-order valence-corrected chi connectivity index (χ1v) is 6.78. The number of rotatable bonds is 5. The topological polar surface area (TPSA) is 58.1 Å². The van der Waals surface area contributed by atoms with Gasteiger partial charge < -0.3 is 9.84 Å². The van der Waals surface area contributed by atoms with Gasteiger partial charge in [0.2, 0.25) is 0 Å². The van der Waals surface area contributed by atoms with Crippen LogP contribution in [0.1, 0.15) is 11.3 Å². The second-order valence-corrected chi connectivity index (χ2v) is 4.71. The van der Waals surface area contributed by atoms with Crippen LogP contribution < -0.4 is 4.74 Å². The summed E-state index contributed by atoms with van der Waals surface area (Å²) in [5.74, 6) is 0.775. The highest BCUT2D eigenvalue weighted by Gasteiger charge is 2.09. The summed E-state index contributed by atoms with van der Waals surface area (Å²) in [6.45, 7) is 0.454. The standard InChI is InChI=1S/C17H16N2O2/c20-11-14-10-16(19-18-14)15-8-4-5-9-17(15)21-12-13-6-2-1-3-7-13/h1-10,20H,11-12H2,(H,18,19). The molecule has 4 heteroatoms. The zero-order valence-corrected chi connectivity index (χ0v) is 11.5. The van der Waals surface area contributed by atoms with Crippen molar-refractivity contribution in [3.8, 4) is 17.0 Å². The minimum Gasteiger partial charge on any atom is -0.488 e. The average molecular weight is 280 g/mol. The zero-order valence-electron chi connectivity index (χ0n) is 11.5. The fourth-order valence-electron chi connectivity index (χ4n) is 2.12. The molecule has 0 spiro atoms. The van der Waals surface area contributed by atoms with Crippen molar-refractivity contribution in [3.05, 3.63) is 71.9 Å². The van der Waals surface area contributed by atoms with E-state index in [1.807, 2.05) is 60.7 Å². The molecule has 0 amide bonds. The Kier molecular flexibility index (Phi) is 3.98. The van der Waals surface area contributed by atoms with Crippen molar-refractivity contribution in [2.45, 2.75) is 13.2 Å². The lowest BCUT2D eigenvalue weighted by Crippen LogP contribution is -1.96. The van der Waals surface area contributed by atoms with Gasteiger partial charge in [0.15, 0.2) is 0 Å². The molecule has 1 heterocycles. The van der Waals surface area contributed by atoms with Gasteiger partial charge in [-0.2, -0.15) is 5.10 Å². The first-order chi connectivity index (χ1) is 10.4. The van der Waals surface area contributed by atoms with E-state index < -0.39 is 0 Å². The Morgan fingerprint density at radius 1 is 1.00 bits per heavy atom. The number of benzene rings is 2. The van der Waals surface area contributed by atoms with E-state index in [9.17, 15) is 0 Å². The third-order valence-corrected chi connectivity index (χ3v) is 3.20. The van der Waals surface area contributed by atoms with Crippen LogP contribution >= 0.6 is 0 Å². The summed E-state index contributed by atoms with van der Waals surface area (Å²) in [5.41, 5.74) is 3.47.